The summed E-state index contributed by atoms with van der Waals surface area (Å²) in [5.41, 5.74) is 6.84. The van der Waals surface area contributed by atoms with Gasteiger partial charge in [-0.15, -0.1) is 0 Å². The Morgan fingerprint density at radius 1 is 0.923 bits per heavy atom. The second-order valence-corrected chi connectivity index (χ2v) is 5.58. The van der Waals surface area contributed by atoms with E-state index in [1.165, 1.54) is 25.3 Å². The van der Waals surface area contributed by atoms with Crippen LogP contribution in [0, 0.1) is 13.8 Å². The molecule has 0 aliphatic rings. The van der Waals surface area contributed by atoms with Gasteiger partial charge in [-0.25, -0.2) is 4.79 Å². The molecule has 0 saturated heterocycles. The molecule has 0 aromatic heterocycles. The van der Waals surface area contributed by atoms with Crippen LogP contribution in [0.25, 0.3) is 0 Å². The van der Waals surface area contributed by atoms with Crippen LogP contribution in [0.15, 0.2) is 42.5 Å². The molecule has 7 nitrogen and oxygen atoms in total. The molecule has 2 aromatic carbocycles. The summed E-state index contributed by atoms with van der Waals surface area (Å²) < 4.78 is 10.1. The summed E-state index contributed by atoms with van der Waals surface area (Å²) in [6.45, 7) is 3.53. The molecule has 2 N–H and O–H groups in total. The van der Waals surface area contributed by atoms with E-state index < -0.39 is 17.8 Å². The van der Waals surface area contributed by atoms with Crippen LogP contribution in [-0.4, -0.2) is 31.5 Å². The molecule has 0 atom stereocenters. The van der Waals surface area contributed by atoms with E-state index in [1.807, 2.05) is 32.0 Å². The number of methoxy groups -OCH3 is 1. The summed E-state index contributed by atoms with van der Waals surface area (Å²) >= 11 is 0. The van der Waals surface area contributed by atoms with Gasteiger partial charge in [-0.05, 0) is 43.2 Å². The van der Waals surface area contributed by atoms with Gasteiger partial charge in [0.2, 0.25) is 0 Å². The number of hydrogen-bond acceptors (Lipinski definition) is 5. The summed E-state index contributed by atoms with van der Waals surface area (Å²) in [7, 11) is 1.26. The van der Waals surface area contributed by atoms with E-state index in [1.54, 1.807) is 6.07 Å². The number of amides is 2. The van der Waals surface area contributed by atoms with E-state index in [4.69, 9.17) is 4.74 Å². The van der Waals surface area contributed by atoms with Gasteiger partial charge in [0.15, 0.2) is 6.61 Å². The first-order chi connectivity index (χ1) is 12.4. The lowest BCUT2D eigenvalue weighted by atomic mass is 10.1. The first-order valence-corrected chi connectivity index (χ1v) is 7.89. The molecule has 136 valence electrons. The van der Waals surface area contributed by atoms with E-state index in [-0.39, 0.29) is 17.7 Å². The van der Waals surface area contributed by atoms with Gasteiger partial charge < -0.3 is 9.47 Å². The molecule has 0 heterocycles. The van der Waals surface area contributed by atoms with Gasteiger partial charge in [0, 0.05) is 5.56 Å². The highest BCUT2D eigenvalue weighted by atomic mass is 16.5. The Morgan fingerprint density at radius 2 is 1.54 bits per heavy atom. The molecular formula is C19H20N2O5. The number of ether oxygens (including phenoxy) is 2. The highest BCUT2D eigenvalue weighted by Gasteiger charge is 2.12. The fourth-order valence-corrected chi connectivity index (χ4v) is 2.30. The van der Waals surface area contributed by atoms with E-state index in [2.05, 4.69) is 15.6 Å². The first kappa shape index (κ1) is 19.0. The standard InChI is InChI=1S/C19H20N2O5/c1-12-6-4-7-13(2)17(12)26-11-16(22)20-21-18(23)14-8-5-9-15(10-14)19(24)25-3/h4-10H,11H2,1-3H3,(H,20,22)(H,21,23). The summed E-state index contributed by atoms with van der Waals surface area (Å²) in [4.78, 5) is 35.4. The zero-order valence-corrected chi connectivity index (χ0v) is 14.8. The van der Waals surface area contributed by atoms with Gasteiger partial charge in [0.25, 0.3) is 11.8 Å². The molecule has 2 aromatic rings. The summed E-state index contributed by atoms with van der Waals surface area (Å²) in [5.74, 6) is -0.980. The molecule has 0 radical (unpaired) electrons. The molecule has 7 heteroatoms. The van der Waals surface area contributed by atoms with Crippen molar-refractivity contribution in [2.24, 2.45) is 0 Å². The van der Waals surface area contributed by atoms with Crippen LogP contribution in [0.2, 0.25) is 0 Å². The molecule has 0 aliphatic carbocycles. The molecule has 26 heavy (non-hydrogen) atoms. The van der Waals surface area contributed by atoms with Crippen LogP contribution in [-0.2, 0) is 9.53 Å². The lowest BCUT2D eigenvalue weighted by molar-refractivity contribution is -0.123. The average Bonchev–Trinajstić information content (AvgIpc) is 2.65. The quantitative estimate of drug-likeness (QED) is 0.631. The van der Waals surface area contributed by atoms with Gasteiger partial charge in [0.1, 0.15) is 5.75 Å². The highest BCUT2D eigenvalue weighted by molar-refractivity contribution is 5.98. The van der Waals surface area contributed by atoms with Crippen LogP contribution >= 0.6 is 0 Å². The topological polar surface area (TPSA) is 93.7 Å². The zero-order valence-electron chi connectivity index (χ0n) is 14.8. The second-order valence-electron chi connectivity index (χ2n) is 5.58. The number of hydrazine groups is 1. The molecule has 0 fully saturated rings. The van der Waals surface area contributed by atoms with Gasteiger partial charge in [-0.2, -0.15) is 0 Å². The number of nitrogens with one attached hydrogen (secondary N) is 2. The Labute approximate surface area is 151 Å². The van der Waals surface area contributed by atoms with Crippen LogP contribution in [0.1, 0.15) is 31.8 Å². The van der Waals surface area contributed by atoms with E-state index in [0.29, 0.717) is 5.75 Å². The third-order valence-electron chi connectivity index (χ3n) is 3.62. The number of benzene rings is 2. The summed E-state index contributed by atoms with van der Waals surface area (Å²) in [6.07, 6.45) is 0. The molecular weight excluding hydrogens is 336 g/mol. The predicted molar refractivity (Wildman–Crippen MR) is 94.8 cm³/mol. The molecule has 2 rings (SSSR count). The average molecular weight is 356 g/mol. The molecule has 0 saturated carbocycles. The molecule has 0 aliphatic heterocycles. The van der Waals surface area contributed by atoms with Crippen molar-refractivity contribution in [1.29, 1.82) is 0 Å². The molecule has 0 bridgehead atoms. The Morgan fingerprint density at radius 3 is 2.19 bits per heavy atom. The maximum absolute atomic E-state index is 12.1. The maximum Gasteiger partial charge on any atom is 0.337 e. The lowest BCUT2D eigenvalue weighted by Gasteiger charge is -2.12. The summed E-state index contributed by atoms with van der Waals surface area (Å²) in [5, 5.41) is 0. The van der Waals surface area contributed by atoms with Gasteiger partial charge in [-0.1, -0.05) is 24.3 Å². The smallest absolute Gasteiger partial charge is 0.337 e. The van der Waals surface area contributed by atoms with E-state index >= 15 is 0 Å². The number of carbonyl (C=O) groups is 3. The predicted octanol–water partition coefficient (Wildman–Crippen LogP) is 1.93. The van der Waals surface area contributed by atoms with Crippen molar-refractivity contribution in [2.75, 3.05) is 13.7 Å². The number of hydrogen-bond donors (Lipinski definition) is 2. The van der Waals surface area contributed by atoms with Crippen LogP contribution in [0.3, 0.4) is 0 Å². The SMILES string of the molecule is COC(=O)c1cccc(C(=O)NNC(=O)COc2c(C)cccc2C)c1. The number of esters is 1. The van der Waals surface area contributed by atoms with Crippen LogP contribution in [0.4, 0.5) is 0 Å². The van der Waals surface area contributed by atoms with Crippen molar-refractivity contribution in [3.8, 4) is 5.75 Å². The zero-order chi connectivity index (χ0) is 19.1. The molecule has 2 amide bonds. The minimum atomic E-state index is -0.559. The number of aryl methyl sites for hydroxylation is 2. The third kappa shape index (κ3) is 4.83. The van der Waals surface area contributed by atoms with Crippen molar-refractivity contribution in [3.05, 3.63) is 64.7 Å². The minimum absolute atomic E-state index is 0.212. The van der Waals surface area contributed by atoms with Crippen molar-refractivity contribution in [2.45, 2.75) is 13.8 Å². The second kappa shape index (κ2) is 8.66. The fourth-order valence-electron chi connectivity index (χ4n) is 2.30. The van der Waals surface area contributed by atoms with Crippen molar-refractivity contribution in [3.63, 3.8) is 0 Å². The molecule has 0 unspecified atom stereocenters. The van der Waals surface area contributed by atoms with Gasteiger partial charge in [0.05, 0.1) is 12.7 Å². The third-order valence-corrected chi connectivity index (χ3v) is 3.62. The van der Waals surface area contributed by atoms with E-state index in [9.17, 15) is 14.4 Å². The number of carbonyl (C=O) groups excluding carboxylic acids is 3. The Bertz CT molecular complexity index is 812. The monoisotopic (exact) mass is 356 g/mol. The Balaban J connectivity index is 1.89. The van der Waals surface area contributed by atoms with Gasteiger partial charge in [-0.3, -0.25) is 20.4 Å². The fraction of sp³-hybridized carbons (Fsp3) is 0.211. The summed E-state index contributed by atoms with van der Waals surface area (Å²) in [6, 6.07) is 11.6. The van der Waals surface area contributed by atoms with Gasteiger partial charge >= 0.3 is 5.97 Å². The van der Waals surface area contributed by atoms with Crippen molar-refractivity contribution in [1.82, 2.24) is 10.9 Å². The lowest BCUT2D eigenvalue weighted by Crippen LogP contribution is -2.43. The minimum Gasteiger partial charge on any atom is -0.483 e. The van der Waals surface area contributed by atoms with E-state index in [0.717, 1.165) is 11.1 Å². The van der Waals surface area contributed by atoms with Crippen LogP contribution in [0.5, 0.6) is 5.75 Å². The number of rotatable bonds is 5. The van der Waals surface area contributed by atoms with Crippen molar-refractivity contribution < 1.29 is 23.9 Å². The first-order valence-electron chi connectivity index (χ1n) is 7.89. The van der Waals surface area contributed by atoms with Crippen molar-refractivity contribution >= 4 is 17.8 Å². The Kier molecular flexibility index (Phi) is 6.32. The highest BCUT2D eigenvalue weighted by Crippen LogP contribution is 2.21. The Hall–Kier alpha value is -3.35. The number of para-hydroxylation sites is 1. The normalized spacial score (nSPS) is 9.96. The maximum atomic E-state index is 12.1. The largest absolute Gasteiger partial charge is 0.483 e. The van der Waals surface area contributed by atoms with Crippen LogP contribution < -0.4 is 15.6 Å². The molecule has 0 spiro atoms.